The third kappa shape index (κ3) is 5.29. The molecular formula is C24H27FN4OS. The molecule has 2 aromatic carbocycles. The number of nitrogens with zero attached hydrogens (tertiary/aromatic N) is 3. The van der Waals surface area contributed by atoms with Gasteiger partial charge in [-0.25, -0.2) is 4.39 Å². The highest BCUT2D eigenvalue weighted by molar-refractivity contribution is 7.13. The van der Waals surface area contributed by atoms with Crippen molar-refractivity contribution < 1.29 is 9.18 Å². The first-order chi connectivity index (χ1) is 15.0. The Morgan fingerprint density at radius 2 is 1.94 bits per heavy atom. The van der Waals surface area contributed by atoms with Crippen LogP contribution in [0.3, 0.4) is 0 Å². The van der Waals surface area contributed by atoms with E-state index in [0.717, 1.165) is 49.7 Å². The summed E-state index contributed by atoms with van der Waals surface area (Å²) in [5.74, 6) is 0.613. The van der Waals surface area contributed by atoms with E-state index < -0.39 is 0 Å². The fourth-order valence-corrected chi connectivity index (χ4v) is 4.68. The summed E-state index contributed by atoms with van der Waals surface area (Å²) in [5, 5.41) is 4.10. The number of piperazine rings is 1. The number of amides is 1. The van der Waals surface area contributed by atoms with Gasteiger partial charge >= 0.3 is 0 Å². The molecule has 0 unspecified atom stereocenters. The molecule has 0 spiro atoms. The smallest absolute Gasteiger partial charge is 0.248 e. The average molecular weight is 439 g/mol. The van der Waals surface area contributed by atoms with E-state index in [9.17, 15) is 9.18 Å². The summed E-state index contributed by atoms with van der Waals surface area (Å²) in [6, 6.07) is 12.9. The van der Waals surface area contributed by atoms with Crippen molar-refractivity contribution >= 4 is 39.0 Å². The number of carbonyl (C=O) groups excluding carboxylic acids is 1. The molecule has 1 saturated heterocycles. The maximum absolute atomic E-state index is 13.8. The molecule has 1 N–H and O–H groups in total. The van der Waals surface area contributed by atoms with Crippen LogP contribution in [-0.2, 0) is 11.2 Å². The molecule has 1 amide bonds. The molecule has 1 fully saturated rings. The molecule has 1 aliphatic heterocycles. The highest BCUT2D eigenvalue weighted by Crippen LogP contribution is 2.30. The Bertz CT molecular complexity index is 1100. The number of hydrogen-bond acceptors (Lipinski definition) is 5. The summed E-state index contributed by atoms with van der Waals surface area (Å²) in [4.78, 5) is 16.8. The minimum absolute atomic E-state index is 0.183. The number of anilines is 2. The molecule has 0 aliphatic carbocycles. The molecule has 0 radical (unpaired) electrons. The van der Waals surface area contributed by atoms with Gasteiger partial charge in [0.15, 0.2) is 0 Å². The van der Waals surface area contributed by atoms with Crippen LogP contribution in [0.2, 0.25) is 0 Å². The van der Waals surface area contributed by atoms with Gasteiger partial charge in [0, 0.05) is 49.9 Å². The van der Waals surface area contributed by atoms with Gasteiger partial charge in [-0.1, -0.05) is 17.7 Å². The number of halogens is 1. The lowest BCUT2D eigenvalue weighted by atomic mass is 10.1. The maximum atomic E-state index is 13.8. The SMILES string of the molecule is CC(C)=CC(=O)Nc1ccc(F)cc1CCN1CCN(c2nsc3ccccc23)CC1. The summed E-state index contributed by atoms with van der Waals surface area (Å²) in [7, 11) is 0. The van der Waals surface area contributed by atoms with Crippen LogP contribution >= 0.6 is 11.5 Å². The predicted octanol–water partition coefficient (Wildman–Crippen LogP) is 4.70. The second-order valence-electron chi connectivity index (χ2n) is 8.09. The zero-order valence-electron chi connectivity index (χ0n) is 17.9. The van der Waals surface area contributed by atoms with Crippen LogP contribution in [0.4, 0.5) is 15.9 Å². The van der Waals surface area contributed by atoms with Gasteiger partial charge in [0.2, 0.25) is 5.91 Å². The van der Waals surface area contributed by atoms with Crippen LogP contribution in [0.15, 0.2) is 54.1 Å². The van der Waals surface area contributed by atoms with E-state index in [4.69, 9.17) is 0 Å². The van der Waals surface area contributed by atoms with E-state index in [0.29, 0.717) is 12.1 Å². The topological polar surface area (TPSA) is 48.5 Å². The van der Waals surface area contributed by atoms with Crippen molar-refractivity contribution in [2.75, 3.05) is 42.9 Å². The van der Waals surface area contributed by atoms with Gasteiger partial charge in [-0.15, -0.1) is 0 Å². The Labute approximate surface area is 186 Å². The molecular weight excluding hydrogens is 411 g/mol. The van der Waals surface area contributed by atoms with Crippen LogP contribution in [0.25, 0.3) is 10.1 Å². The fraction of sp³-hybridized carbons (Fsp3) is 0.333. The first-order valence-corrected chi connectivity index (χ1v) is 11.3. The number of nitrogens with one attached hydrogen (secondary N) is 1. The zero-order chi connectivity index (χ0) is 21.8. The van der Waals surface area contributed by atoms with Crippen LogP contribution in [0, 0.1) is 5.82 Å². The van der Waals surface area contributed by atoms with E-state index in [1.807, 2.05) is 19.9 Å². The first kappa shape index (κ1) is 21.5. The Hall–Kier alpha value is -2.77. The third-order valence-electron chi connectivity index (χ3n) is 5.47. The van der Waals surface area contributed by atoms with Crippen molar-refractivity contribution in [2.24, 2.45) is 0 Å². The Kier molecular flexibility index (Phi) is 6.63. The number of rotatable bonds is 6. The number of allylic oxidation sites excluding steroid dienone is 1. The summed E-state index contributed by atoms with van der Waals surface area (Å²) in [6.45, 7) is 8.27. The van der Waals surface area contributed by atoms with Crippen molar-refractivity contribution in [2.45, 2.75) is 20.3 Å². The molecule has 0 bridgehead atoms. The second-order valence-corrected chi connectivity index (χ2v) is 8.90. The molecule has 3 aromatic rings. The van der Waals surface area contributed by atoms with Crippen molar-refractivity contribution in [1.82, 2.24) is 9.27 Å². The number of benzene rings is 2. The highest BCUT2D eigenvalue weighted by Gasteiger charge is 2.21. The zero-order valence-corrected chi connectivity index (χ0v) is 18.7. The van der Waals surface area contributed by atoms with E-state index in [1.165, 1.54) is 22.2 Å². The summed E-state index contributed by atoms with van der Waals surface area (Å²) >= 11 is 1.55. The van der Waals surface area contributed by atoms with E-state index in [-0.39, 0.29) is 11.7 Å². The van der Waals surface area contributed by atoms with Crippen molar-refractivity contribution in [1.29, 1.82) is 0 Å². The van der Waals surface area contributed by atoms with Gasteiger partial charge in [-0.3, -0.25) is 9.69 Å². The summed E-state index contributed by atoms with van der Waals surface area (Å²) in [6.07, 6.45) is 2.23. The standard InChI is InChI=1S/C24H27FN4OS/c1-17(2)15-23(30)26-21-8-7-19(25)16-18(21)9-10-28-11-13-29(14-12-28)24-20-5-3-4-6-22(20)31-27-24/h3-8,15-16H,9-14H2,1-2H3,(H,26,30). The largest absolute Gasteiger partial charge is 0.353 e. The molecule has 1 aromatic heterocycles. The van der Waals surface area contributed by atoms with E-state index in [2.05, 4.69) is 37.7 Å². The quantitative estimate of drug-likeness (QED) is 0.567. The van der Waals surface area contributed by atoms with Crippen LogP contribution in [0.5, 0.6) is 0 Å². The predicted molar refractivity (Wildman–Crippen MR) is 126 cm³/mol. The molecule has 162 valence electrons. The number of carbonyl (C=O) groups is 1. The highest BCUT2D eigenvalue weighted by atomic mass is 32.1. The lowest BCUT2D eigenvalue weighted by Gasteiger charge is -2.35. The van der Waals surface area contributed by atoms with Crippen molar-refractivity contribution in [3.05, 3.63) is 65.5 Å². The monoisotopic (exact) mass is 438 g/mol. The lowest BCUT2D eigenvalue weighted by molar-refractivity contribution is -0.112. The summed E-state index contributed by atoms with van der Waals surface area (Å²) < 4.78 is 19.7. The van der Waals surface area contributed by atoms with Gasteiger partial charge in [-0.2, -0.15) is 4.37 Å². The van der Waals surface area contributed by atoms with Gasteiger partial charge < -0.3 is 10.2 Å². The summed E-state index contributed by atoms with van der Waals surface area (Å²) in [5.41, 5.74) is 2.42. The molecule has 5 nitrogen and oxygen atoms in total. The van der Waals surface area contributed by atoms with Crippen LogP contribution in [0.1, 0.15) is 19.4 Å². The minimum atomic E-state index is -0.282. The molecule has 0 atom stereocenters. The van der Waals surface area contributed by atoms with E-state index >= 15 is 0 Å². The van der Waals surface area contributed by atoms with Crippen molar-refractivity contribution in [3.8, 4) is 0 Å². The fourth-order valence-electron chi connectivity index (χ4n) is 3.88. The van der Waals surface area contributed by atoms with Crippen LogP contribution < -0.4 is 10.2 Å². The third-order valence-corrected chi connectivity index (χ3v) is 6.29. The van der Waals surface area contributed by atoms with Gasteiger partial charge in [-0.05, 0) is 67.7 Å². The molecule has 1 aliphatic rings. The molecule has 0 saturated carbocycles. The van der Waals surface area contributed by atoms with Crippen LogP contribution in [-0.4, -0.2) is 47.9 Å². The molecule has 4 rings (SSSR count). The Balaban J connectivity index is 1.36. The normalized spacial score (nSPS) is 14.6. The van der Waals surface area contributed by atoms with Gasteiger partial charge in [0.25, 0.3) is 0 Å². The maximum Gasteiger partial charge on any atom is 0.248 e. The number of hydrogen-bond donors (Lipinski definition) is 1. The Morgan fingerprint density at radius 3 is 2.71 bits per heavy atom. The van der Waals surface area contributed by atoms with Gasteiger partial charge in [0.1, 0.15) is 11.6 Å². The second kappa shape index (κ2) is 9.58. The van der Waals surface area contributed by atoms with Gasteiger partial charge in [0.05, 0.1) is 4.70 Å². The number of aromatic nitrogens is 1. The Morgan fingerprint density at radius 1 is 1.16 bits per heavy atom. The minimum Gasteiger partial charge on any atom is -0.353 e. The molecule has 7 heteroatoms. The average Bonchev–Trinajstić information content (AvgIpc) is 3.18. The number of fused-ring (bicyclic) bond motifs is 1. The molecule has 31 heavy (non-hydrogen) atoms. The van der Waals surface area contributed by atoms with Crippen molar-refractivity contribution in [3.63, 3.8) is 0 Å². The van der Waals surface area contributed by atoms with E-state index in [1.54, 1.807) is 23.7 Å². The lowest BCUT2D eigenvalue weighted by Crippen LogP contribution is -2.47. The molecule has 2 heterocycles. The first-order valence-electron chi connectivity index (χ1n) is 10.6.